The largest absolute Gasteiger partial charge is 0.462 e. The van der Waals surface area contributed by atoms with E-state index in [2.05, 4.69) is 11.9 Å². The Morgan fingerprint density at radius 1 is 1.29 bits per heavy atom. The van der Waals surface area contributed by atoms with Gasteiger partial charge in [-0.15, -0.1) is 0 Å². The minimum Gasteiger partial charge on any atom is -0.462 e. The van der Waals surface area contributed by atoms with E-state index in [1.807, 2.05) is 0 Å². The summed E-state index contributed by atoms with van der Waals surface area (Å²) in [6.45, 7) is 11.1. The van der Waals surface area contributed by atoms with Crippen LogP contribution in [0.15, 0.2) is 30.8 Å². The Morgan fingerprint density at radius 3 is 2.52 bits per heavy atom. The molecule has 1 amide bonds. The van der Waals surface area contributed by atoms with E-state index >= 15 is 0 Å². The second kappa shape index (κ2) is 6.92. The van der Waals surface area contributed by atoms with Crippen LogP contribution in [-0.2, 0) is 14.3 Å². The summed E-state index contributed by atoms with van der Waals surface area (Å²) in [6.07, 6.45) is -0.554. The highest BCUT2D eigenvalue weighted by molar-refractivity contribution is 6.15. The fourth-order valence-electron chi connectivity index (χ4n) is 1.54. The smallest absolute Gasteiger partial charge is 0.412 e. The number of ether oxygens (including phenoxy) is 2. The molecule has 1 aromatic rings. The van der Waals surface area contributed by atoms with Crippen LogP contribution in [0.5, 0.6) is 0 Å². The second-order valence-corrected chi connectivity index (χ2v) is 5.41. The maximum absolute atomic E-state index is 11.7. The van der Waals surface area contributed by atoms with Crippen LogP contribution in [0.3, 0.4) is 0 Å². The molecule has 0 saturated heterocycles. The first-order valence-corrected chi connectivity index (χ1v) is 6.69. The molecule has 0 fully saturated rings. The average Bonchev–Trinajstić information content (AvgIpc) is 2.36. The minimum atomic E-state index is -0.573. The summed E-state index contributed by atoms with van der Waals surface area (Å²) in [5, 5.41) is 2.61. The highest BCUT2D eigenvalue weighted by atomic mass is 16.6. The number of carbonyl (C=O) groups excluding carboxylic acids is 2. The van der Waals surface area contributed by atoms with Gasteiger partial charge in [0.2, 0.25) is 0 Å². The molecule has 0 unspecified atom stereocenters. The highest BCUT2D eigenvalue weighted by Crippen LogP contribution is 2.19. The summed E-state index contributed by atoms with van der Waals surface area (Å²) in [7, 11) is 0. The van der Waals surface area contributed by atoms with E-state index in [0.29, 0.717) is 11.3 Å². The van der Waals surface area contributed by atoms with E-state index in [4.69, 9.17) is 9.47 Å². The zero-order valence-corrected chi connectivity index (χ0v) is 12.9. The van der Waals surface area contributed by atoms with Gasteiger partial charge in [-0.2, -0.15) is 0 Å². The van der Waals surface area contributed by atoms with Gasteiger partial charge in [0.1, 0.15) is 5.60 Å². The number of carbonyl (C=O) groups is 2. The third kappa shape index (κ3) is 5.69. The van der Waals surface area contributed by atoms with Crippen LogP contribution in [0.2, 0.25) is 0 Å². The third-order valence-electron chi connectivity index (χ3n) is 2.38. The average molecular weight is 291 g/mol. The van der Waals surface area contributed by atoms with Crippen LogP contribution in [0.4, 0.5) is 10.5 Å². The van der Waals surface area contributed by atoms with Gasteiger partial charge < -0.3 is 9.47 Å². The van der Waals surface area contributed by atoms with Gasteiger partial charge in [-0.1, -0.05) is 18.7 Å². The summed E-state index contributed by atoms with van der Waals surface area (Å²) < 4.78 is 10.1. The number of anilines is 1. The predicted molar refractivity (Wildman–Crippen MR) is 82.0 cm³/mol. The Hall–Kier alpha value is -2.30. The standard InChI is InChI=1S/C16H21NO4/c1-6-20-14(18)11(2)12-8-7-9-13(10-12)17-15(19)21-16(3,4)5/h7-10H,2,6H2,1,3-5H3,(H,17,19). The van der Waals surface area contributed by atoms with Crippen molar-refractivity contribution in [2.24, 2.45) is 0 Å². The first-order chi connectivity index (χ1) is 9.73. The maximum atomic E-state index is 11.7. The van der Waals surface area contributed by atoms with Crippen molar-refractivity contribution in [2.75, 3.05) is 11.9 Å². The summed E-state index contributed by atoms with van der Waals surface area (Å²) in [4.78, 5) is 23.3. The number of nitrogens with one attached hydrogen (secondary N) is 1. The number of hydrogen-bond donors (Lipinski definition) is 1. The Labute approximate surface area is 124 Å². The van der Waals surface area contributed by atoms with E-state index < -0.39 is 17.7 Å². The topological polar surface area (TPSA) is 64.6 Å². The van der Waals surface area contributed by atoms with Crippen molar-refractivity contribution in [1.29, 1.82) is 0 Å². The van der Waals surface area contributed by atoms with Crippen molar-refractivity contribution in [3.05, 3.63) is 36.4 Å². The van der Waals surface area contributed by atoms with E-state index in [0.717, 1.165) is 0 Å². The van der Waals surface area contributed by atoms with Crippen LogP contribution in [0.25, 0.3) is 5.57 Å². The Morgan fingerprint density at radius 2 is 1.95 bits per heavy atom. The lowest BCUT2D eigenvalue weighted by Crippen LogP contribution is -2.27. The minimum absolute atomic E-state index is 0.240. The number of benzene rings is 1. The van der Waals surface area contributed by atoms with Gasteiger partial charge in [0, 0.05) is 5.69 Å². The molecule has 0 saturated carbocycles. The van der Waals surface area contributed by atoms with Crippen molar-refractivity contribution < 1.29 is 19.1 Å². The molecule has 21 heavy (non-hydrogen) atoms. The zero-order chi connectivity index (χ0) is 16.0. The maximum Gasteiger partial charge on any atom is 0.412 e. The fraction of sp³-hybridized carbons (Fsp3) is 0.375. The molecular weight excluding hydrogens is 270 g/mol. The number of hydrogen-bond acceptors (Lipinski definition) is 4. The number of esters is 1. The molecule has 1 N–H and O–H groups in total. The van der Waals surface area contributed by atoms with Gasteiger partial charge in [-0.3, -0.25) is 5.32 Å². The SMILES string of the molecule is C=C(C(=O)OCC)c1cccc(NC(=O)OC(C)(C)C)c1. The number of rotatable bonds is 4. The van der Waals surface area contributed by atoms with Crippen molar-refractivity contribution in [3.63, 3.8) is 0 Å². The van der Waals surface area contributed by atoms with Crippen LogP contribution in [-0.4, -0.2) is 24.3 Å². The molecule has 0 aliphatic heterocycles. The van der Waals surface area contributed by atoms with Crippen LogP contribution >= 0.6 is 0 Å². The van der Waals surface area contributed by atoms with Crippen LogP contribution < -0.4 is 5.32 Å². The highest BCUT2D eigenvalue weighted by Gasteiger charge is 2.17. The molecular formula is C16H21NO4. The molecule has 5 heteroatoms. The van der Waals surface area contributed by atoms with Crippen molar-refractivity contribution in [1.82, 2.24) is 0 Å². The molecule has 0 aliphatic carbocycles. The first kappa shape index (κ1) is 16.8. The lowest BCUT2D eigenvalue weighted by atomic mass is 10.1. The van der Waals surface area contributed by atoms with E-state index in [1.165, 1.54) is 0 Å². The van der Waals surface area contributed by atoms with Gasteiger partial charge in [0.25, 0.3) is 0 Å². The lowest BCUT2D eigenvalue weighted by Gasteiger charge is -2.19. The first-order valence-electron chi connectivity index (χ1n) is 6.69. The molecule has 0 radical (unpaired) electrons. The summed E-state index contributed by atoms with van der Waals surface area (Å²) >= 11 is 0. The van der Waals surface area contributed by atoms with Crippen molar-refractivity contribution >= 4 is 23.3 Å². The van der Waals surface area contributed by atoms with Crippen molar-refractivity contribution in [2.45, 2.75) is 33.3 Å². The molecule has 114 valence electrons. The predicted octanol–water partition coefficient (Wildman–Crippen LogP) is 3.61. The molecule has 0 bridgehead atoms. The lowest BCUT2D eigenvalue weighted by molar-refractivity contribution is -0.136. The molecule has 0 atom stereocenters. The van der Waals surface area contributed by atoms with Crippen molar-refractivity contribution in [3.8, 4) is 0 Å². The molecule has 0 aliphatic rings. The van der Waals surface area contributed by atoms with Gasteiger partial charge in [-0.05, 0) is 45.4 Å². The van der Waals surface area contributed by atoms with Crippen LogP contribution in [0.1, 0.15) is 33.3 Å². The quantitative estimate of drug-likeness (QED) is 0.680. The third-order valence-corrected chi connectivity index (χ3v) is 2.38. The zero-order valence-electron chi connectivity index (χ0n) is 12.9. The molecule has 0 heterocycles. The van der Waals surface area contributed by atoms with Gasteiger partial charge in [-0.25, -0.2) is 9.59 Å². The second-order valence-electron chi connectivity index (χ2n) is 5.41. The summed E-state index contributed by atoms with van der Waals surface area (Å²) in [5.74, 6) is -0.480. The van der Waals surface area contributed by atoms with E-state index in [9.17, 15) is 9.59 Å². The summed E-state index contributed by atoms with van der Waals surface area (Å²) in [6, 6.07) is 6.78. The van der Waals surface area contributed by atoms with Gasteiger partial charge >= 0.3 is 12.1 Å². The molecule has 0 aromatic heterocycles. The van der Waals surface area contributed by atoms with Gasteiger partial charge in [0.05, 0.1) is 12.2 Å². The Kier molecular flexibility index (Phi) is 5.52. The summed E-state index contributed by atoms with van der Waals surface area (Å²) in [5.41, 5.74) is 0.773. The molecule has 0 spiro atoms. The molecule has 1 rings (SSSR count). The van der Waals surface area contributed by atoms with Gasteiger partial charge in [0.15, 0.2) is 0 Å². The van der Waals surface area contributed by atoms with E-state index in [1.54, 1.807) is 52.0 Å². The molecule has 5 nitrogen and oxygen atoms in total. The number of amides is 1. The molecule has 1 aromatic carbocycles. The normalized spacial score (nSPS) is 10.7. The Bertz CT molecular complexity index is 543. The fourth-order valence-corrected chi connectivity index (χ4v) is 1.54. The van der Waals surface area contributed by atoms with Crippen LogP contribution in [0, 0.1) is 0 Å². The Balaban J connectivity index is 2.79. The monoisotopic (exact) mass is 291 g/mol. The van der Waals surface area contributed by atoms with E-state index in [-0.39, 0.29) is 12.2 Å².